The molecule has 2 aliphatic heterocycles. The second-order valence-corrected chi connectivity index (χ2v) is 8.30. The SMILES string of the molecule is O=C(CN1C(=O)S/C(=C/c2cccn2Cc2ccccc2[N+](=O)[O-])C1=O)N1CCCC1. The fraction of sp³-hybridized carbons (Fsp3) is 0.286. The van der Waals surface area contributed by atoms with E-state index in [9.17, 15) is 24.5 Å². The molecule has 2 saturated heterocycles. The highest BCUT2D eigenvalue weighted by atomic mass is 32.2. The van der Waals surface area contributed by atoms with E-state index in [0.29, 0.717) is 24.3 Å². The minimum Gasteiger partial charge on any atom is -0.343 e. The summed E-state index contributed by atoms with van der Waals surface area (Å²) < 4.78 is 1.77. The van der Waals surface area contributed by atoms with Gasteiger partial charge in [-0.05, 0) is 42.8 Å². The molecule has 0 bridgehead atoms. The van der Waals surface area contributed by atoms with Gasteiger partial charge >= 0.3 is 0 Å². The number of carbonyl (C=O) groups is 3. The highest BCUT2D eigenvalue weighted by molar-refractivity contribution is 8.18. The van der Waals surface area contributed by atoms with Crippen LogP contribution in [0.4, 0.5) is 10.5 Å². The van der Waals surface area contributed by atoms with Gasteiger partial charge in [0.1, 0.15) is 6.54 Å². The molecular formula is C21H20N4O5S. The number of hydrogen-bond acceptors (Lipinski definition) is 6. The number of para-hydroxylation sites is 1. The number of imide groups is 1. The van der Waals surface area contributed by atoms with Crippen LogP contribution in [0.2, 0.25) is 0 Å². The molecule has 3 amide bonds. The number of carbonyl (C=O) groups excluding carboxylic acids is 3. The molecule has 160 valence electrons. The quantitative estimate of drug-likeness (QED) is 0.388. The predicted octanol–water partition coefficient (Wildman–Crippen LogP) is 3.10. The number of benzene rings is 1. The molecule has 0 atom stereocenters. The highest BCUT2D eigenvalue weighted by Crippen LogP contribution is 2.32. The molecule has 0 radical (unpaired) electrons. The largest absolute Gasteiger partial charge is 0.343 e. The zero-order chi connectivity index (χ0) is 22.0. The molecule has 1 aromatic heterocycles. The lowest BCUT2D eigenvalue weighted by Crippen LogP contribution is -2.40. The maximum absolute atomic E-state index is 12.8. The fourth-order valence-electron chi connectivity index (χ4n) is 3.68. The molecule has 4 rings (SSSR count). The Morgan fingerprint density at radius 1 is 1.13 bits per heavy atom. The van der Waals surface area contributed by atoms with E-state index in [2.05, 4.69) is 0 Å². The highest BCUT2D eigenvalue weighted by Gasteiger charge is 2.37. The second kappa shape index (κ2) is 8.76. The van der Waals surface area contributed by atoms with Crippen molar-refractivity contribution in [3.05, 3.63) is 68.9 Å². The fourth-order valence-corrected chi connectivity index (χ4v) is 4.50. The Balaban J connectivity index is 1.52. The lowest BCUT2D eigenvalue weighted by atomic mass is 10.2. The third-order valence-corrected chi connectivity index (χ3v) is 6.21. The van der Waals surface area contributed by atoms with Crippen molar-refractivity contribution in [3.63, 3.8) is 0 Å². The van der Waals surface area contributed by atoms with Gasteiger partial charge in [-0.2, -0.15) is 0 Å². The molecular weight excluding hydrogens is 420 g/mol. The minimum atomic E-state index is -0.499. The summed E-state index contributed by atoms with van der Waals surface area (Å²) in [5.74, 6) is -0.721. The summed E-state index contributed by atoms with van der Waals surface area (Å²) in [5.41, 5.74) is 1.18. The average Bonchev–Trinajstić information content (AvgIpc) is 3.48. The summed E-state index contributed by atoms with van der Waals surface area (Å²) in [4.78, 5) is 51.2. The van der Waals surface area contributed by atoms with Gasteiger partial charge in [-0.1, -0.05) is 18.2 Å². The lowest BCUT2D eigenvalue weighted by molar-refractivity contribution is -0.385. The van der Waals surface area contributed by atoms with Crippen LogP contribution in [0, 0.1) is 10.1 Å². The van der Waals surface area contributed by atoms with E-state index in [1.807, 2.05) is 0 Å². The third-order valence-electron chi connectivity index (χ3n) is 5.30. The Bertz CT molecular complexity index is 1090. The van der Waals surface area contributed by atoms with Crippen LogP contribution in [-0.2, 0) is 16.1 Å². The summed E-state index contributed by atoms with van der Waals surface area (Å²) in [7, 11) is 0. The minimum absolute atomic E-state index is 0.0166. The van der Waals surface area contributed by atoms with Crippen molar-refractivity contribution in [1.82, 2.24) is 14.4 Å². The summed E-state index contributed by atoms with van der Waals surface area (Å²) in [6.07, 6.45) is 5.21. The van der Waals surface area contributed by atoms with E-state index in [4.69, 9.17) is 0 Å². The maximum atomic E-state index is 12.8. The van der Waals surface area contributed by atoms with Gasteiger partial charge in [0.2, 0.25) is 5.91 Å². The standard InChI is InChI=1S/C21H20N4O5S/c26-19(22-9-3-4-10-22)14-24-20(27)18(31-21(24)28)12-16-7-5-11-23(16)13-15-6-1-2-8-17(15)25(29)30/h1-2,5-8,11-12H,3-4,9-10,13-14H2/b18-12+. The van der Waals surface area contributed by atoms with Crippen molar-refractivity contribution >= 4 is 40.6 Å². The Hall–Kier alpha value is -3.40. The summed E-state index contributed by atoms with van der Waals surface area (Å²) in [6.45, 7) is 1.31. The third kappa shape index (κ3) is 4.38. The van der Waals surface area contributed by atoms with E-state index in [0.717, 1.165) is 29.5 Å². The van der Waals surface area contributed by atoms with Crippen molar-refractivity contribution in [1.29, 1.82) is 0 Å². The molecule has 0 N–H and O–H groups in total. The van der Waals surface area contributed by atoms with Gasteiger partial charge in [0.05, 0.1) is 16.4 Å². The molecule has 2 aromatic rings. The lowest BCUT2D eigenvalue weighted by Gasteiger charge is -2.18. The molecule has 2 fully saturated rings. The van der Waals surface area contributed by atoms with Crippen LogP contribution in [0.3, 0.4) is 0 Å². The first-order chi connectivity index (χ1) is 14.9. The molecule has 31 heavy (non-hydrogen) atoms. The average molecular weight is 440 g/mol. The normalized spacial score (nSPS) is 17.7. The zero-order valence-corrected chi connectivity index (χ0v) is 17.4. The molecule has 2 aliphatic rings. The van der Waals surface area contributed by atoms with Gasteiger partial charge < -0.3 is 9.47 Å². The number of nitro groups is 1. The van der Waals surface area contributed by atoms with Gasteiger partial charge in [0.15, 0.2) is 0 Å². The molecule has 0 unspecified atom stereocenters. The molecule has 0 spiro atoms. The molecule has 1 aromatic carbocycles. The van der Waals surface area contributed by atoms with Crippen molar-refractivity contribution in [3.8, 4) is 0 Å². The van der Waals surface area contributed by atoms with E-state index < -0.39 is 16.1 Å². The Kier molecular flexibility index (Phi) is 5.90. The number of hydrogen-bond donors (Lipinski definition) is 0. The number of rotatable bonds is 6. The number of amides is 3. The second-order valence-electron chi connectivity index (χ2n) is 7.30. The molecule has 0 saturated carbocycles. The molecule has 0 aliphatic carbocycles. The van der Waals surface area contributed by atoms with Gasteiger partial charge in [-0.25, -0.2) is 0 Å². The summed E-state index contributed by atoms with van der Waals surface area (Å²) in [5, 5.41) is 10.8. The van der Waals surface area contributed by atoms with Crippen molar-refractivity contribution in [2.45, 2.75) is 19.4 Å². The van der Waals surface area contributed by atoms with Gasteiger partial charge in [0, 0.05) is 36.6 Å². The zero-order valence-electron chi connectivity index (χ0n) is 16.6. The smallest absolute Gasteiger partial charge is 0.294 e. The topological polar surface area (TPSA) is 106 Å². The van der Waals surface area contributed by atoms with Crippen LogP contribution in [0.15, 0.2) is 47.5 Å². The predicted molar refractivity (Wildman–Crippen MR) is 115 cm³/mol. The Morgan fingerprint density at radius 3 is 2.61 bits per heavy atom. The number of nitro benzene ring substituents is 1. The Morgan fingerprint density at radius 2 is 1.87 bits per heavy atom. The molecule has 10 heteroatoms. The van der Waals surface area contributed by atoms with Crippen molar-refractivity contribution in [2.24, 2.45) is 0 Å². The van der Waals surface area contributed by atoms with Crippen LogP contribution < -0.4 is 0 Å². The van der Waals surface area contributed by atoms with Crippen LogP contribution in [0.5, 0.6) is 0 Å². The van der Waals surface area contributed by atoms with Gasteiger partial charge in [0.25, 0.3) is 16.8 Å². The van der Waals surface area contributed by atoms with Gasteiger partial charge in [-0.3, -0.25) is 29.4 Å². The number of nitrogens with zero attached hydrogens (tertiary/aromatic N) is 4. The van der Waals surface area contributed by atoms with Gasteiger partial charge in [-0.15, -0.1) is 0 Å². The first-order valence-electron chi connectivity index (χ1n) is 9.84. The molecule has 3 heterocycles. The Labute approximate surface area is 182 Å². The van der Waals surface area contributed by atoms with E-state index >= 15 is 0 Å². The van der Waals surface area contributed by atoms with Crippen LogP contribution in [-0.4, -0.2) is 56.0 Å². The van der Waals surface area contributed by atoms with Crippen LogP contribution >= 0.6 is 11.8 Å². The number of aromatic nitrogens is 1. The summed E-state index contributed by atoms with van der Waals surface area (Å²) in [6, 6.07) is 9.99. The monoisotopic (exact) mass is 440 g/mol. The van der Waals surface area contributed by atoms with Crippen LogP contribution in [0.1, 0.15) is 24.1 Å². The van der Waals surface area contributed by atoms with Crippen molar-refractivity contribution in [2.75, 3.05) is 19.6 Å². The van der Waals surface area contributed by atoms with E-state index in [1.165, 1.54) is 6.07 Å². The van der Waals surface area contributed by atoms with Crippen molar-refractivity contribution < 1.29 is 19.3 Å². The number of thioether (sulfide) groups is 1. The van der Waals surface area contributed by atoms with E-state index in [-0.39, 0.29) is 29.6 Å². The van der Waals surface area contributed by atoms with E-state index in [1.54, 1.807) is 52.1 Å². The van der Waals surface area contributed by atoms with Crippen LogP contribution in [0.25, 0.3) is 6.08 Å². The summed E-state index contributed by atoms with van der Waals surface area (Å²) >= 11 is 0.794. The number of likely N-dealkylation sites (tertiary alicyclic amines) is 1. The molecule has 9 nitrogen and oxygen atoms in total. The first kappa shape index (κ1) is 20.9. The maximum Gasteiger partial charge on any atom is 0.294 e. The first-order valence-corrected chi connectivity index (χ1v) is 10.7.